The van der Waals surface area contributed by atoms with Crippen LogP contribution in [-0.4, -0.2) is 18.2 Å². The molecule has 1 aromatic carbocycles. The molecule has 0 spiro atoms. The largest absolute Gasteiger partial charge is 0.496 e. The number of halogens is 1. The molecule has 0 bridgehead atoms. The third-order valence-electron chi connectivity index (χ3n) is 2.97. The summed E-state index contributed by atoms with van der Waals surface area (Å²) in [7, 11) is 1.58. The molecule has 0 amide bonds. The number of benzene rings is 1. The molecule has 88 valence electrons. The molecule has 0 aliphatic heterocycles. The summed E-state index contributed by atoms with van der Waals surface area (Å²) in [4.78, 5) is 11.3. The average Bonchev–Trinajstić information content (AvgIpc) is 2.27. The number of carboxylic acid groups (broad SMARTS) is 1. The first-order chi connectivity index (χ1) is 7.45. The van der Waals surface area contributed by atoms with Crippen LogP contribution < -0.4 is 4.74 Å². The van der Waals surface area contributed by atoms with E-state index in [1.54, 1.807) is 32.2 Å². The smallest absolute Gasteiger partial charge is 0.313 e. The molecular formula is C12H15BrO3. The second-order valence-corrected chi connectivity index (χ2v) is 4.69. The zero-order chi connectivity index (χ0) is 12.3. The molecule has 0 saturated heterocycles. The number of rotatable bonds is 4. The van der Waals surface area contributed by atoms with E-state index in [1.165, 1.54) is 0 Å². The van der Waals surface area contributed by atoms with Crippen molar-refractivity contribution in [3.8, 4) is 5.75 Å². The summed E-state index contributed by atoms with van der Waals surface area (Å²) in [6, 6.07) is 5.37. The summed E-state index contributed by atoms with van der Waals surface area (Å²) >= 11 is 3.36. The van der Waals surface area contributed by atoms with Gasteiger partial charge in [0.1, 0.15) is 5.75 Å². The summed E-state index contributed by atoms with van der Waals surface area (Å²) in [6.07, 6.45) is 0.543. The molecule has 0 radical (unpaired) electrons. The lowest BCUT2D eigenvalue weighted by atomic mass is 9.80. The Kier molecular flexibility index (Phi) is 3.97. The third kappa shape index (κ3) is 2.21. The maximum Gasteiger partial charge on any atom is 0.313 e. The fraction of sp³-hybridized carbons (Fsp3) is 0.417. The average molecular weight is 287 g/mol. The first-order valence-corrected chi connectivity index (χ1v) is 5.82. The minimum atomic E-state index is -0.852. The lowest BCUT2D eigenvalue weighted by molar-refractivity contribution is -0.143. The summed E-state index contributed by atoms with van der Waals surface area (Å²) in [5.41, 5.74) is -0.0791. The molecule has 1 rings (SSSR count). The lowest BCUT2D eigenvalue weighted by Gasteiger charge is -2.24. The molecule has 1 atom stereocenters. The summed E-state index contributed by atoms with van der Waals surface area (Å²) in [5.74, 6) is -0.111. The number of methoxy groups -OCH3 is 1. The van der Waals surface area contributed by atoms with Gasteiger partial charge in [-0.1, -0.05) is 13.0 Å². The van der Waals surface area contributed by atoms with Gasteiger partial charge in [0.25, 0.3) is 0 Å². The van der Waals surface area contributed by atoms with Crippen LogP contribution in [0.3, 0.4) is 0 Å². The van der Waals surface area contributed by atoms with Gasteiger partial charge in [0.2, 0.25) is 0 Å². The highest BCUT2D eigenvalue weighted by molar-refractivity contribution is 9.10. The summed E-state index contributed by atoms with van der Waals surface area (Å²) in [6.45, 7) is 3.59. The van der Waals surface area contributed by atoms with E-state index >= 15 is 0 Å². The van der Waals surface area contributed by atoms with Gasteiger partial charge in [0.15, 0.2) is 0 Å². The molecule has 0 saturated carbocycles. The van der Waals surface area contributed by atoms with Crippen molar-refractivity contribution in [3.63, 3.8) is 0 Å². The van der Waals surface area contributed by atoms with Gasteiger partial charge in [-0.2, -0.15) is 0 Å². The van der Waals surface area contributed by atoms with E-state index in [-0.39, 0.29) is 0 Å². The predicted molar refractivity (Wildman–Crippen MR) is 66.0 cm³/mol. The molecule has 1 N–H and O–H groups in total. The van der Waals surface area contributed by atoms with Crippen molar-refractivity contribution in [3.05, 3.63) is 28.2 Å². The van der Waals surface area contributed by atoms with Crippen LogP contribution in [0, 0.1) is 0 Å². The summed E-state index contributed by atoms with van der Waals surface area (Å²) in [5, 5.41) is 9.26. The maximum atomic E-state index is 11.3. The second kappa shape index (κ2) is 4.87. The number of hydrogen-bond donors (Lipinski definition) is 1. The second-order valence-electron chi connectivity index (χ2n) is 3.84. The third-order valence-corrected chi connectivity index (χ3v) is 3.59. The van der Waals surface area contributed by atoms with Crippen LogP contribution in [-0.2, 0) is 10.2 Å². The Morgan fingerprint density at radius 3 is 2.56 bits per heavy atom. The Morgan fingerprint density at radius 2 is 2.19 bits per heavy atom. The van der Waals surface area contributed by atoms with Crippen molar-refractivity contribution in [1.29, 1.82) is 0 Å². The van der Waals surface area contributed by atoms with Crippen LogP contribution in [0.2, 0.25) is 0 Å². The molecular weight excluding hydrogens is 272 g/mol. The van der Waals surface area contributed by atoms with Crippen LogP contribution in [0.25, 0.3) is 0 Å². The van der Waals surface area contributed by atoms with E-state index in [1.807, 2.05) is 6.92 Å². The quantitative estimate of drug-likeness (QED) is 0.925. The van der Waals surface area contributed by atoms with E-state index in [4.69, 9.17) is 4.74 Å². The molecule has 0 fully saturated rings. The van der Waals surface area contributed by atoms with Gasteiger partial charge in [-0.3, -0.25) is 4.79 Å². The number of carboxylic acids is 1. The lowest BCUT2D eigenvalue weighted by Crippen LogP contribution is -2.31. The standard InChI is InChI=1S/C12H15BrO3/c1-4-12(2,11(14)15)8-5-6-10(16-3)9(13)7-8/h5-7H,4H2,1-3H3,(H,14,15). The van der Waals surface area contributed by atoms with Crippen LogP contribution >= 0.6 is 15.9 Å². The van der Waals surface area contributed by atoms with E-state index in [0.29, 0.717) is 12.2 Å². The van der Waals surface area contributed by atoms with E-state index < -0.39 is 11.4 Å². The van der Waals surface area contributed by atoms with Gasteiger partial charge in [-0.05, 0) is 47.0 Å². The van der Waals surface area contributed by atoms with Crippen LogP contribution in [0.1, 0.15) is 25.8 Å². The van der Waals surface area contributed by atoms with E-state index in [0.717, 1.165) is 10.0 Å². The molecule has 0 aromatic heterocycles. The molecule has 0 heterocycles. The Balaban J connectivity index is 3.23. The normalized spacial score (nSPS) is 14.2. The van der Waals surface area contributed by atoms with Crippen molar-refractivity contribution < 1.29 is 14.6 Å². The van der Waals surface area contributed by atoms with Gasteiger partial charge >= 0.3 is 5.97 Å². The fourth-order valence-corrected chi connectivity index (χ4v) is 2.03. The van der Waals surface area contributed by atoms with Crippen molar-refractivity contribution in [1.82, 2.24) is 0 Å². The van der Waals surface area contributed by atoms with E-state index in [2.05, 4.69) is 15.9 Å². The molecule has 0 aliphatic carbocycles. The molecule has 3 nitrogen and oxygen atoms in total. The van der Waals surface area contributed by atoms with Gasteiger partial charge in [-0.15, -0.1) is 0 Å². The highest BCUT2D eigenvalue weighted by Crippen LogP contribution is 2.33. The van der Waals surface area contributed by atoms with E-state index in [9.17, 15) is 9.90 Å². The van der Waals surface area contributed by atoms with Crippen molar-refractivity contribution >= 4 is 21.9 Å². The Hall–Kier alpha value is -1.03. The number of carbonyl (C=O) groups is 1. The molecule has 1 unspecified atom stereocenters. The fourth-order valence-electron chi connectivity index (χ4n) is 1.49. The van der Waals surface area contributed by atoms with Crippen LogP contribution in [0.4, 0.5) is 0 Å². The van der Waals surface area contributed by atoms with Crippen LogP contribution in [0.15, 0.2) is 22.7 Å². The zero-order valence-electron chi connectivity index (χ0n) is 9.58. The van der Waals surface area contributed by atoms with Gasteiger partial charge in [0, 0.05) is 0 Å². The SMILES string of the molecule is CCC(C)(C(=O)O)c1ccc(OC)c(Br)c1. The summed E-state index contributed by atoms with van der Waals surface area (Å²) < 4.78 is 5.88. The van der Waals surface area contributed by atoms with Crippen LogP contribution in [0.5, 0.6) is 5.75 Å². The van der Waals surface area contributed by atoms with Crippen molar-refractivity contribution in [2.75, 3.05) is 7.11 Å². The topological polar surface area (TPSA) is 46.5 Å². The highest BCUT2D eigenvalue weighted by Gasteiger charge is 2.33. The highest BCUT2D eigenvalue weighted by atomic mass is 79.9. The van der Waals surface area contributed by atoms with Gasteiger partial charge in [-0.25, -0.2) is 0 Å². The molecule has 1 aromatic rings. The predicted octanol–water partition coefficient (Wildman–Crippen LogP) is 3.21. The first-order valence-electron chi connectivity index (χ1n) is 5.03. The Bertz CT molecular complexity index is 403. The Morgan fingerprint density at radius 1 is 1.56 bits per heavy atom. The van der Waals surface area contributed by atoms with Gasteiger partial charge < -0.3 is 9.84 Å². The Labute approximate surface area is 104 Å². The zero-order valence-corrected chi connectivity index (χ0v) is 11.2. The number of aliphatic carboxylic acids is 1. The molecule has 0 aliphatic rings. The minimum absolute atomic E-state index is 0.543. The monoisotopic (exact) mass is 286 g/mol. The minimum Gasteiger partial charge on any atom is -0.496 e. The van der Waals surface area contributed by atoms with Gasteiger partial charge in [0.05, 0.1) is 17.0 Å². The number of hydrogen-bond acceptors (Lipinski definition) is 2. The maximum absolute atomic E-state index is 11.3. The van der Waals surface area contributed by atoms with Crippen molar-refractivity contribution in [2.45, 2.75) is 25.7 Å². The molecule has 4 heteroatoms. The number of ether oxygens (including phenoxy) is 1. The van der Waals surface area contributed by atoms with Crippen molar-refractivity contribution in [2.24, 2.45) is 0 Å². The molecule has 16 heavy (non-hydrogen) atoms. The first kappa shape index (κ1) is 13.0.